The van der Waals surface area contributed by atoms with Crippen molar-refractivity contribution in [2.75, 3.05) is 6.54 Å². The lowest BCUT2D eigenvalue weighted by Crippen LogP contribution is -2.47. The van der Waals surface area contributed by atoms with Gasteiger partial charge in [-0.15, -0.1) is 0 Å². The first-order chi connectivity index (χ1) is 10.6. The van der Waals surface area contributed by atoms with Crippen LogP contribution in [0.5, 0.6) is 5.75 Å². The van der Waals surface area contributed by atoms with Crippen molar-refractivity contribution >= 4 is 23.2 Å². The lowest BCUT2D eigenvalue weighted by atomic mass is 9.99. The monoisotopic (exact) mass is 323 g/mol. The number of nitrogens with one attached hydrogen (secondary N) is 3. The summed E-state index contributed by atoms with van der Waals surface area (Å²) in [4.78, 5) is 11.9. The van der Waals surface area contributed by atoms with Gasteiger partial charge in [-0.2, -0.15) is 0 Å². The van der Waals surface area contributed by atoms with Gasteiger partial charge in [0.2, 0.25) is 0 Å². The number of unbranched alkanes of at least 4 members (excludes halogenated alkanes) is 1. The van der Waals surface area contributed by atoms with Crippen LogP contribution in [0.2, 0.25) is 0 Å². The summed E-state index contributed by atoms with van der Waals surface area (Å²) in [5.41, 5.74) is 5.55. The molecule has 0 aliphatic rings. The number of benzene rings is 1. The zero-order chi connectivity index (χ0) is 16.4. The van der Waals surface area contributed by atoms with E-state index in [9.17, 15) is 9.90 Å². The predicted octanol–water partition coefficient (Wildman–Crippen LogP) is 2.72. The van der Waals surface area contributed by atoms with Gasteiger partial charge in [-0.3, -0.25) is 15.6 Å². The molecule has 1 aromatic carbocycles. The lowest BCUT2D eigenvalue weighted by Gasteiger charge is -2.17. The molecular weight excluding hydrogens is 298 g/mol. The second-order valence-corrected chi connectivity index (χ2v) is 5.66. The molecule has 1 atom stereocenters. The number of phenols is 1. The van der Waals surface area contributed by atoms with Crippen LogP contribution in [0.25, 0.3) is 0 Å². The van der Waals surface area contributed by atoms with Crippen LogP contribution >= 0.6 is 12.2 Å². The van der Waals surface area contributed by atoms with E-state index in [1.165, 1.54) is 31.4 Å². The van der Waals surface area contributed by atoms with E-state index in [4.69, 9.17) is 12.2 Å². The summed E-state index contributed by atoms with van der Waals surface area (Å²) in [5.74, 6) is 0.287. The first-order valence-corrected chi connectivity index (χ1v) is 8.10. The Kier molecular flexibility index (Phi) is 8.28. The van der Waals surface area contributed by atoms with E-state index < -0.39 is 0 Å². The summed E-state index contributed by atoms with van der Waals surface area (Å²) in [6, 6.07) is 6.13. The van der Waals surface area contributed by atoms with Crippen LogP contribution < -0.4 is 16.2 Å². The highest BCUT2D eigenvalue weighted by molar-refractivity contribution is 7.80. The van der Waals surface area contributed by atoms with Gasteiger partial charge in [-0.05, 0) is 42.8 Å². The van der Waals surface area contributed by atoms with Crippen LogP contribution in [-0.2, 0) is 0 Å². The average Bonchev–Trinajstić information content (AvgIpc) is 2.52. The number of rotatable bonds is 7. The zero-order valence-electron chi connectivity index (χ0n) is 13.2. The number of hydrazine groups is 1. The van der Waals surface area contributed by atoms with E-state index >= 15 is 0 Å². The van der Waals surface area contributed by atoms with Gasteiger partial charge in [-0.1, -0.05) is 39.2 Å². The largest absolute Gasteiger partial charge is 0.508 e. The number of amides is 1. The van der Waals surface area contributed by atoms with Gasteiger partial charge in [0, 0.05) is 12.1 Å². The third-order valence-corrected chi connectivity index (χ3v) is 3.74. The van der Waals surface area contributed by atoms with Gasteiger partial charge in [0.25, 0.3) is 5.91 Å². The van der Waals surface area contributed by atoms with Crippen molar-refractivity contribution in [3.8, 4) is 5.75 Å². The van der Waals surface area contributed by atoms with Gasteiger partial charge in [0.05, 0.1) is 0 Å². The number of hydrogen-bond acceptors (Lipinski definition) is 3. The second kappa shape index (κ2) is 10.00. The van der Waals surface area contributed by atoms with Gasteiger partial charge in [0.1, 0.15) is 5.75 Å². The van der Waals surface area contributed by atoms with Crippen molar-refractivity contribution in [1.29, 1.82) is 0 Å². The molecule has 122 valence electrons. The van der Waals surface area contributed by atoms with Crippen LogP contribution in [0, 0.1) is 5.92 Å². The Morgan fingerprint density at radius 1 is 1.32 bits per heavy atom. The summed E-state index contributed by atoms with van der Waals surface area (Å²) >= 11 is 5.14. The first-order valence-electron chi connectivity index (χ1n) is 7.70. The highest BCUT2D eigenvalue weighted by Crippen LogP contribution is 2.11. The fourth-order valence-electron chi connectivity index (χ4n) is 2.06. The van der Waals surface area contributed by atoms with E-state index in [-0.39, 0.29) is 11.7 Å². The molecule has 1 rings (SSSR count). The molecule has 0 bridgehead atoms. The first kappa shape index (κ1) is 18.2. The van der Waals surface area contributed by atoms with Crippen molar-refractivity contribution in [1.82, 2.24) is 16.2 Å². The molecule has 6 heteroatoms. The maximum absolute atomic E-state index is 11.9. The van der Waals surface area contributed by atoms with Crippen molar-refractivity contribution in [3.63, 3.8) is 0 Å². The lowest BCUT2D eigenvalue weighted by molar-refractivity contribution is 0.0943. The van der Waals surface area contributed by atoms with Crippen molar-refractivity contribution in [3.05, 3.63) is 29.8 Å². The topological polar surface area (TPSA) is 73.4 Å². The van der Waals surface area contributed by atoms with Crippen molar-refractivity contribution in [2.24, 2.45) is 5.92 Å². The summed E-state index contributed by atoms with van der Waals surface area (Å²) in [6.07, 6.45) is 4.69. The Balaban J connectivity index is 2.32. The van der Waals surface area contributed by atoms with E-state index in [1.54, 1.807) is 12.1 Å². The smallest absolute Gasteiger partial charge is 0.269 e. The molecule has 1 amide bonds. The molecule has 0 spiro atoms. The van der Waals surface area contributed by atoms with Gasteiger partial charge in [-0.25, -0.2) is 0 Å². The molecule has 0 aliphatic carbocycles. The number of hydrogen-bond donors (Lipinski definition) is 4. The molecule has 0 radical (unpaired) electrons. The van der Waals surface area contributed by atoms with Gasteiger partial charge < -0.3 is 10.4 Å². The molecule has 1 aromatic rings. The summed E-state index contributed by atoms with van der Waals surface area (Å²) < 4.78 is 0. The summed E-state index contributed by atoms with van der Waals surface area (Å²) in [6.45, 7) is 5.15. The normalized spacial score (nSPS) is 11.5. The maximum atomic E-state index is 11.9. The molecule has 5 nitrogen and oxygen atoms in total. The minimum Gasteiger partial charge on any atom is -0.508 e. The molecule has 0 fully saturated rings. The Morgan fingerprint density at radius 3 is 2.73 bits per heavy atom. The molecule has 0 saturated carbocycles. The highest BCUT2D eigenvalue weighted by Gasteiger charge is 2.08. The highest BCUT2D eigenvalue weighted by atomic mass is 32.1. The van der Waals surface area contributed by atoms with Crippen LogP contribution in [0.1, 0.15) is 49.9 Å². The standard InChI is InChI=1S/C16H25N3O2S/c1-3-5-7-12(4-2)11-17-16(22)19-18-15(21)13-8-6-9-14(20)10-13/h6,8-10,12,20H,3-5,7,11H2,1-2H3,(H,18,21)(H2,17,19,22)/t12-/m1/s1. The fraction of sp³-hybridized carbons (Fsp3) is 0.500. The summed E-state index contributed by atoms with van der Waals surface area (Å²) in [5, 5.41) is 12.9. The van der Waals surface area contributed by atoms with Crippen LogP contribution in [0.4, 0.5) is 0 Å². The van der Waals surface area contributed by atoms with Gasteiger partial charge in [0.15, 0.2) is 5.11 Å². The van der Waals surface area contributed by atoms with E-state index in [0.717, 1.165) is 13.0 Å². The number of phenolic OH excluding ortho intramolecular Hbond substituents is 1. The predicted molar refractivity (Wildman–Crippen MR) is 92.6 cm³/mol. The van der Waals surface area contributed by atoms with E-state index in [2.05, 4.69) is 30.0 Å². The number of carbonyl (C=O) groups excluding carboxylic acids is 1. The third kappa shape index (κ3) is 6.76. The Bertz CT molecular complexity index is 494. The van der Waals surface area contributed by atoms with Crippen molar-refractivity contribution in [2.45, 2.75) is 39.5 Å². The number of thiocarbonyl (C=S) groups is 1. The maximum Gasteiger partial charge on any atom is 0.269 e. The quantitative estimate of drug-likeness (QED) is 0.459. The van der Waals surface area contributed by atoms with Crippen molar-refractivity contribution < 1.29 is 9.90 Å². The minimum atomic E-state index is -0.349. The second-order valence-electron chi connectivity index (χ2n) is 5.26. The molecule has 0 saturated heterocycles. The molecule has 0 aromatic heterocycles. The fourth-order valence-corrected chi connectivity index (χ4v) is 2.19. The molecule has 0 aliphatic heterocycles. The molecule has 4 N–H and O–H groups in total. The SMILES string of the molecule is CCCC[C@@H](CC)CNC(=S)NNC(=O)c1cccc(O)c1. The summed E-state index contributed by atoms with van der Waals surface area (Å²) in [7, 11) is 0. The van der Waals surface area contributed by atoms with E-state index in [1.807, 2.05) is 0 Å². The number of carbonyl (C=O) groups is 1. The van der Waals surface area contributed by atoms with Crippen LogP contribution in [0.3, 0.4) is 0 Å². The molecule has 0 heterocycles. The molecule has 0 unspecified atom stereocenters. The average molecular weight is 323 g/mol. The van der Waals surface area contributed by atoms with Crippen LogP contribution in [0.15, 0.2) is 24.3 Å². The van der Waals surface area contributed by atoms with E-state index in [0.29, 0.717) is 16.6 Å². The minimum absolute atomic E-state index is 0.0510. The van der Waals surface area contributed by atoms with Crippen LogP contribution in [-0.4, -0.2) is 22.7 Å². The molecule has 22 heavy (non-hydrogen) atoms. The number of aromatic hydroxyl groups is 1. The Morgan fingerprint density at radius 2 is 2.09 bits per heavy atom. The van der Waals surface area contributed by atoms with Gasteiger partial charge >= 0.3 is 0 Å². The Hall–Kier alpha value is -1.82. The Labute approximate surface area is 137 Å². The zero-order valence-corrected chi connectivity index (χ0v) is 14.0. The third-order valence-electron chi connectivity index (χ3n) is 3.49. The molecular formula is C16H25N3O2S.